The van der Waals surface area contributed by atoms with Crippen LogP contribution in [0, 0.1) is 11.8 Å². The zero-order valence-corrected chi connectivity index (χ0v) is 12.7. The Morgan fingerprint density at radius 3 is 2.35 bits per heavy atom. The molecule has 0 heterocycles. The summed E-state index contributed by atoms with van der Waals surface area (Å²) in [6, 6.07) is 6.66. The number of carbonyl (C=O) groups is 1. The maximum atomic E-state index is 12.2. The van der Waals surface area contributed by atoms with Gasteiger partial charge in [-0.25, -0.2) is 0 Å². The van der Waals surface area contributed by atoms with Crippen molar-refractivity contribution in [3.05, 3.63) is 24.3 Å². The lowest BCUT2D eigenvalue weighted by atomic mass is 9.88. The van der Waals surface area contributed by atoms with E-state index in [-0.39, 0.29) is 11.7 Å². The Morgan fingerprint density at radius 2 is 1.85 bits per heavy atom. The van der Waals surface area contributed by atoms with Gasteiger partial charge in [0.1, 0.15) is 5.75 Å². The van der Waals surface area contributed by atoms with Gasteiger partial charge in [0, 0.05) is 19.2 Å². The molecule has 0 aliphatic rings. The maximum Gasteiger partial charge on any atom is 0.226 e. The van der Waals surface area contributed by atoms with Crippen LogP contribution in [0.2, 0.25) is 0 Å². The summed E-state index contributed by atoms with van der Waals surface area (Å²) in [4.78, 5) is 13.8. The van der Waals surface area contributed by atoms with Crippen molar-refractivity contribution in [2.45, 2.75) is 33.1 Å². The fraction of sp³-hybridized carbons (Fsp3) is 0.562. The lowest BCUT2D eigenvalue weighted by Gasteiger charge is -2.22. The van der Waals surface area contributed by atoms with Gasteiger partial charge in [-0.2, -0.15) is 0 Å². The van der Waals surface area contributed by atoms with Crippen LogP contribution in [0.3, 0.4) is 0 Å². The van der Waals surface area contributed by atoms with Gasteiger partial charge in [0.05, 0.1) is 0 Å². The van der Waals surface area contributed by atoms with Gasteiger partial charge in [-0.1, -0.05) is 13.8 Å². The van der Waals surface area contributed by atoms with Crippen molar-refractivity contribution >= 4 is 11.6 Å². The number of aromatic hydroxyl groups is 1. The molecular weight excluding hydrogens is 252 g/mol. The van der Waals surface area contributed by atoms with Crippen LogP contribution in [0.15, 0.2) is 24.3 Å². The van der Waals surface area contributed by atoms with Gasteiger partial charge < -0.3 is 15.7 Å². The average Bonchev–Trinajstić information content (AvgIpc) is 2.42. The molecular formula is C16H26N2O2. The first-order valence-electron chi connectivity index (χ1n) is 7.21. The van der Waals surface area contributed by atoms with E-state index in [1.165, 1.54) is 0 Å². The minimum absolute atomic E-state index is 0.0957. The van der Waals surface area contributed by atoms with E-state index in [4.69, 9.17) is 5.73 Å². The Kier molecular flexibility index (Phi) is 6.52. The smallest absolute Gasteiger partial charge is 0.226 e. The molecule has 0 fully saturated rings. The number of nitrogens with zero attached hydrogens (tertiary/aromatic N) is 1. The van der Waals surface area contributed by atoms with Crippen LogP contribution in [0.5, 0.6) is 5.75 Å². The normalized spacial score (nSPS) is 12.4. The van der Waals surface area contributed by atoms with Crippen molar-refractivity contribution in [1.82, 2.24) is 0 Å². The Morgan fingerprint density at radius 1 is 1.25 bits per heavy atom. The number of benzene rings is 1. The van der Waals surface area contributed by atoms with E-state index in [2.05, 4.69) is 13.8 Å². The van der Waals surface area contributed by atoms with Crippen molar-refractivity contribution in [3.8, 4) is 5.75 Å². The summed E-state index contributed by atoms with van der Waals surface area (Å²) in [7, 11) is 1.77. The van der Waals surface area contributed by atoms with Crippen LogP contribution in [-0.2, 0) is 4.79 Å². The molecule has 1 rings (SSSR count). The Balaban J connectivity index is 2.55. The molecule has 1 aromatic carbocycles. The van der Waals surface area contributed by atoms with Crippen molar-refractivity contribution in [3.63, 3.8) is 0 Å². The van der Waals surface area contributed by atoms with Crippen LogP contribution >= 0.6 is 0 Å². The van der Waals surface area contributed by atoms with E-state index >= 15 is 0 Å². The molecule has 1 amide bonds. The highest BCUT2D eigenvalue weighted by molar-refractivity contribution is 5.92. The molecule has 1 unspecified atom stereocenters. The van der Waals surface area contributed by atoms with E-state index in [9.17, 15) is 9.90 Å². The number of amides is 1. The molecule has 112 valence electrons. The van der Waals surface area contributed by atoms with Crippen LogP contribution in [0.1, 0.15) is 33.1 Å². The first kappa shape index (κ1) is 16.5. The fourth-order valence-electron chi connectivity index (χ4n) is 2.32. The zero-order valence-electron chi connectivity index (χ0n) is 12.7. The molecule has 0 radical (unpaired) electrons. The summed E-state index contributed by atoms with van der Waals surface area (Å²) in [5.41, 5.74) is 6.42. The predicted molar refractivity (Wildman–Crippen MR) is 82.8 cm³/mol. The van der Waals surface area contributed by atoms with Gasteiger partial charge in [0.2, 0.25) is 5.91 Å². The SMILES string of the molecule is CC(C)C(CCN)CCC(=O)N(C)c1ccc(O)cc1. The standard InChI is InChI=1S/C16H26N2O2/c1-12(2)13(10-11-17)4-9-16(20)18(3)14-5-7-15(19)8-6-14/h5-8,12-13,19H,4,9-11,17H2,1-3H3. The van der Waals surface area contributed by atoms with Crippen LogP contribution < -0.4 is 10.6 Å². The molecule has 0 saturated heterocycles. The molecule has 3 N–H and O–H groups in total. The van der Waals surface area contributed by atoms with Crippen LogP contribution in [0.4, 0.5) is 5.69 Å². The second kappa shape index (κ2) is 7.90. The predicted octanol–water partition coefficient (Wildman–Crippen LogP) is 2.76. The van der Waals surface area contributed by atoms with E-state index in [0.717, 1.165) is 18.5 Å². The third-order valence-corrected chi connectivity index (χ3v) is 3.82. The number of hydrogen-bond donors (Lipinski definition) is 2. The topological polar surface area (TPSA) is 66.6 Å². The minimum Gasteiger partial charge on any atom is -0.508 e. The number of rotatable bonds is 7. The molecule has 0 aliphatic heterocycles. The highest BCUT2D eigenvalue weighted by Crippen LogP contribution is 2.22. The van der Waals surface area contributed by atoms with E-state index in [1.54, 1.807) is 36.2 Å². The third-order valence-electron chi connectivity index (χ3n) is 3.82. The summed E-state index contributed by atoms with van der Waals surface area (Å²) in [6.45, 7) is 5.02. The monoisotopic (exact) mass is 278 g/mol. The van der Waals surface area contributed by atoms with Gasteiger partial charge >= 0.3 is 0 Å². The molecule has 0 saturated carbocycles. The van der Waals surface area contributed by atoms with Gasteiger partial charge in [0.25, 0.3) is 0 Å². The average molecular weight is 278 g/mol. The Bertz CT molecular complexity index is 415. The van der Waals surface area contributed by atoms with Crippen molar-refractivity contribution < 1.29 is 9.90 Å². The molecule has 0 aliphatic carbocycles. The van der Waals surface area contributed by atoms with Crippen molar-refractivity contribution in [2.24, 2.45) is 17.6 Å². The molecule has 0 aromatic heterocycles. The highest BCUT2D eigenvalue weighted by Gasteiger charge is 2.17. The molecule has 0 spiro atoms. The summed E-state index contributed by atoms with van der Waals surface area (Å²) in [5, 5.41) is 9.26. The molecule has 1 atom stereocenters. The van der Waals surface area contributed by atoms with E-state index < -0.39 is 0 Å². The molecule has 20 heavy (non-hydrogen) atoms. The minimum atomic E-state index is 0.0957. The van der Waals surface area contributed by atoms with E-state index in [0.29, 0.717) is 24.8 Å². The van der Waals surface area contributed by atoms with E-state index in [1.807, 2.05) is 0 Å². The lowest BCUT2D eigenvalue weighted by Crippen LogP contribution is -2.27. The first-order chi connectivity index (χ1) is 9.45. The van der Waals surface area contributed by atoms with Crippen molar-refractivity contribution in [2.75, 3.05) is 18.5 Å². The van der Waals surface area contributed by atoms with Gasteiger partial charge in [-0.15, -0.1) is 0 Å². The summed E-state index contributed by atoms with van der Waals surface area (Å²) in [6.07, 6.45) is 2.37. The van der Waals surface area contributed by atoms with Gasteiger partial charge in [-0.3, -0.25) is 4.79 Å². The summed E-state index contributed by atoms with van der Waals surface area (Å²) in [5.74, 6) is 1.35. The number of phenolic OH excluding ortho intramolecular Hbond substituents is 1. The third kappa shape index (κ3) is 4.85. The second-order valence-electron chi connectivity index (χ2n) is 5.59. The summed E-state index contributed by atoms with van der Waals surface area (Å²) < 4.78 is 0. The van der Waals surface area contributed by atoms with Gasteiger partial charge in [-0.05, 0) is 55.5 Å². The number of hydrogen-bond acceptors (Lipinski definition) is 3. The Labute approximate surface area is 121 Å². The summed E-state index contributed by atoms with van der Waals surface area (Å²) >= 11 is 0. The zero-order chi connectivity index (χ0) is 15.1. The quantitative estimate of drug-likeness (QED) is 0.806. The Hall–Kier alpha value is -1.55. The first-order valence-corrected chi connectivity index (χ1v) is 7.21. The molecule has 4 nitrogen and oxygen atoms in total. The van der Waals surface area contributed by atoms with Crippen LogP contribution in [-0.4, -0.2) is 24.6 Å². The number of carbonyl (C=O) groups excluding carboxylic acids is 1. The maximum absolute atomic E-state index is 12.2. The molecule has 4 heteroatoms. The number of anilines is 1. The van der Waals surface area contributed by atoms with Gasteiger partial charge in [0.15, 0.2) is 0 Å². The lowest BCUT2D eigenvalue weighted by molar-refractivity contribution is -0.118. The molecule has 1 aromatic rings. The van der Waals surface area contributed by atoms with Crippen LogP contribution in [0.25, 0.3) is 0 Å². The molecule has 0 bridgehead atoms. The number of nitrogens with two attached hydrogens (primary N) is 1. The fourth-order valence-corrected chi connectivity index (χ4v) is 2.32. The highest BCUT2D eigenvalue weighted by atomic mass is 16.3. The largest absolute Gasteiger partial charge is 0.508 e. The number of phenols is 1. The second-order valence-corrected chi connectivity index (χ2v) is 5.59. The van der Waals surface area contributed by atoms with Crippen molar-refractivity contribution in [1.29, 1.82) is 0 Å².